The molecule has 0 saturated heterocycles. The van der Waals surface area contributed by atoms with Crippen molar-refractivity contribution in [1.82, 2.24) is 0 Å². The Morgan fingerprint density at radius 3 is 1.58 bits per heavy atom. The van der Waals surface area contributed by atoms with Gasteiger partial charge in [-0.15, -0.1) is 0 Å². The lowest BCUT2D eigenvalue weighted by Crippen LogP contribution is -2.78. The van der Waals surface area contributed by atoms with E-state index in [2.05, 4.69) is 0 Å². The first-order valence-electron chi connectivity index (χ1n) is 7.15. The van der Waals surface area contributed by atoms with Crippen molar-refractivity contribution in [3.8, 4) is 0 Å². The number of ether oxygens (including phenoxy) is 1. The molecule has 0 spiro atoms. The van der Waals surface area contributed by atoms with Crippen molar-refractivity contribution < 1.29 is 44.7 Å². The van der Waals surface area contributed by atoms with Crippen molar-refractivity contribution in [2.75, 3.05) is 13.7 Å². The van der Waals surface area contributed by atoms with Gasteiger partial charge < -0.3 is 30.3 Å². The maximum atomic E-state index is 12.0. The largest absolute Gasteiger partial charge is 0.393 e. The number of ketones is 3. The number of carbonyl (C=O) groups excluding carboxylic acids is 3. The molecule has 5 N–H and O–H groups in total. The fourth-order valence-electron chi connectivity index (χ4n) is 2.53. The van der Waals surface area contributed by atoms with Crippen molar-refractivity contribution in [3.05, 3.63) is 0 Å². The van der Waals surface area contributed by atoms with Crippen LogP contribution < -0.4 is 0 Å². The van der Waals surface area contributed by atoms with E-state index in [9.17, 15) is 39.9 Å². The van der Waals surface area contributed by atoms with Crippen LogP contribution >= 0.6 is 0 Å². The molecule has 0 bridgehead atoms. The van der Waals surface area contributed by atoms with Gasteiger partial charge in [0, 0.05) is 7.11 Å². The van der Waals surface area contributed by atoms with Crippen LogP contribution in [0.4, 0.5) is 0 Å². The van der Waals surface area contributed by atoms with E-state index in [1.807, 2.05) is 0 Å². The third-order valence-corrected chi connectivity index (χ3v) is 4.97. The zero-order valence-corrected chi connectivity index (χ0v) is 14.7. The number of methoxy groups -OCH3 is 1. The molecule has 24 heavy (non-hydrogen) atoms. The van der Waals surface area contributed by atoms with Gasteiger partial charge in [0.2, 0.25) is 0 Å². The van der Waals surface area contributed by atoms with Gasteiger partial charge in [0.15, 0.2) is 34.2 Å². The first-order valence-corrected chi connectivity index (χ1v) is 7.15. The van der Waals surface area contributed by atoms with Crippen LogP contribution in [0.25, 0.3) is 0 Å². The maximum absolute atomic E-state index is 12.0. The van der Waals surface area contributed by atoms with Crippen LogP contribution in [-0.4, -0.2) is 85.1 Å². The van der Waals surface area contributed by atoms with Crippen molar-refractivity contribution in [2.45, 2.75) is 63.1 Å². The monoisotopic (exact) mass is 350 g/mol. The molecule has 5 atom stereocenters. The molecule has 0 fully saturated rings. The lowest BCUT2D eigenvalue weighted by atomic mass is 9.65. The Hall–Kier alpha value is -1.23. The molecule has 140 valence electrons. The minimum absolute atomic E-state index is 0.769. The van der Waals surface area contributed by atoms with Crippen LogP contribution in [0, 0.1) is 0 Å². The zero-order chi connectivity index (χ0) is 19.7. The molecule has 0 aromatic heterocycles. The first kappa shape index (κ1) is 22.8. The summed E-state index contributed by atoms with van der Waals surface area (Å²) in [5, 5.41) is 51.5. The molecular formula is C15H26O9. The van der Waals surface area contributed by atoms with E-state index in [0.29, 0.717) is 0 Å². The lowest BCUT2D eigenvalue weighted by Gasteiger charge is -2.51. The average molecular weight is 350 g/mol. The van der Waals surface area contributed by atoms with Crippen LogP contribution in [0.1, 0.15) is 34.6 Å². The standard InChI is InChI=1S/C15H26O9/c1-8(17)12(4,21)13(5,24-6)11(20)15(23,10(3)19)14(22,7-16)9(2)18/h11,16,20-23H,7H2,1-6H3. The number of aliphatic hydroxyl groups is 5. The molecule has 0 aromatic rings. The van der Waals surface area contributed by atoms with Gasteiger partial charge in [0.05, 0.1) is 6.61 Å². The highest BCUT2D eigenvalue weighted by atomic mass is 16.5. The Labute approximate surface area is 139 Å². The second-order valence-corrected chi connectivity index (χ2v) is 6.24. The summed E-state index contributed by atoms with van der Waals surface area (Å²) < 4.78 is 5.00. The molecule has 0 radical (unpaired) electrons. The highest BCUT2D eigenvalue weighted by Gasteiger charge is 2.68. The van der Waals surface area contributed by atoms with Crippen molar-refractivity contribution in [2.24, 2.45) is 0 Å². The SMILES string of the molecule is COC(C)(C(O)C(O)(C(C)=O)C(O)(CO)C(C)=O)C(C)(O)C(C)=O. The van der Waals surface area contributed by atoms with Gasteiger partial charge in [0.25, 0.3) is 0 Å². The number of Topliss-reactive ketones (excluding diaryl/α,β-unsaturated/α-hetero) is 3. The maximum Gasteiger partial charge on any atom is 0.189 e. The molecule has 0 aliphatic heterocycles. The number of rotatable bonds is 9. The topological polar surface area (TPSA) is 162 Å². The van der Waals surface area contributed by atoms with E-state index in [0.717, 1.165) is 41.7 Å². The second-order valence-electron chi connectivity index (χ2n) is 6.24. The second kappa shape index (κ2) is 6.95. The quantitative estimate of drug-likeness (QED) is 0.308. The number of carbonyl (C=O) groups is 3. The summed E-state index contributed by atoms with van der Waals surface area (Å²) in [7, 11) is 0.993. The first-order chi connectivity index (χ1) is 10.6. The highest BCUT2D eigenvalue weighted by molar-refractivity contribution is 5.98. The van der Waals surface area contributed by atoms with Crippen molar-refractivity contribution in [1.29, 1.82) is 0 Å². The summed E-state index contributed by atoms with van der Waals surface area (Å²) in [4.78, 5) is 35.5. The predicted molar refractivity (Wildman–Crippen MR) is 81.1 cm³/mol. The smallest absolute Gasteiger partial charge is 0.189 e. The van der Waals surface area contributed by atoms with Crippen LogP contribution in [0.3, 0.4) is 0 Å². The molecule has 0 rings (SSSR count). The molecule has 0 aliphatic rings. The molecule has 5 unspecified atom stereocenters. The van der Waals surface area contributed by atoms with Gasteiger partial charge in [-0.2, -0.15) is 0 Å². The minimum atomic E-state index is -3.25. The van der Waals surface area contributed by atoms with Gasteiger partial charge in [-0.3, -0.25) is 14.4 Å². The Bertz CT molecular complexity index is 529. The van der Waals surface area contributed by atoms with Crippen molar-refractivity contribution >= 4 is 17.3 Å². The van der Waals surface area contributed by atoms with E-state index in [-0.39, 0.29) is 0 Å². The Kier molecular flexibility index (Phi) is 6.59. The summed E-state index contributed by atoms with van der Waals surface area (Å²) in [5.74, 6) is -3.35. The summed E-state index contributed by atoms with van der Waals surface area (Å²) in [6.07, 6.45) is -2.45. The van der Waals surface area contributed by atoms with E-state index < -0.39 is 52.5 Å². The Morgan fingerprint density at radius 1 is 0.958 bits per heavy atom. The minimum Gasteiger partial charge on any atom is -0.393 e. The van der Waals surface area contributed by atoms with Crippen LogP contribution in [-0.2, 0) is 19.1 Å². The molecule has 0 amide bonds. The lowest BCUT2D eigenvalue weighted by molar-refractivity contribution is -0.267. The van der Waals surface area contributed by atoms with Gasteiger partial charge in [-0.1, -0.05) is 0 Å². The molecule has 0 aliphatic carbocycles. The highest BCUT2D eigenvalue weighted by Crippen LogP contribution is 2.40. The molecule has 0 saturated carbocycles. The third-order valence-electron chi connectivity index (χ3n) is 4.97. The number of hydrogen-bond donors (Lipinski definition) is 5. The fraction of sp³-hybridized carbons (Fsp3) is 0.800. The molecule has 9 heteroatoms. The number of hydrogen-bond acceptors (Lipinski definition) is 9. The Morgan fingerprint density at radius 2 is 1.38 bits per heavy atom. The van der Waals surface area contributed by atoms with Crippen LogP contribution in [0.5, 0.6) is 0 Å². The van der Waals surface area contributed by atoms with Crippen LogP contribution in [0.2, 0.25) is 0 Å². The molecule has 0 heterocycles. The van der Waals surface area contributed by atoms with Crippen molar-refractivity contribution in [3.63, 3.8) is 0 Å². The van der Waals surface area contributed by atoms with Gasteiger partial charge in [-0.05, 0) is 34.6 Å². The van der Waals surface area contributed by atoms with E-state index in [4.69, 9.17) is 4.74 Å². The predicted octanol–water partition coefficient (Wildman–Crippen LogP) is -2.28. The fourth-order valence-corrected chi connectivity index (χ4v) is 2.53. The third kappa shape index (κ3) is 2.92. The van der Waals surface area contributed by atoms with Crippen LogP contribution in [0.15, 0.2) is 0 Å². The summed E-state index contributed by atoms with van der Waals surface area (Å²) in [6.45, 7) is 3.16. The summed E-state index contributed by atoms with van der Waals surface area (Å²) >= 11 is 0. The average Bonchev–Trinajstić information content (AvgIpc) is 2.50. The zero-order valence-electron chi connectivity index (χ0n) is 14.7. The molecular weight excluding hydrogens is 324 g/mol. The van der Waals surface area contributed by atoms with Gasteiger partial charge in [0.1, 0.15) is 11.7 Å². The summed E-state index contributed by atoms with van der Waals surface area (Å²) in [5.41, 5.74) is -11.0. The normalized spacial score (nSPS) is 23.1. The van der Waals surface area contributed by atoms with Gasteiger partial charge >= 0.3 is 0 Å². The number of aliphatic hydroxyl groups excluding tert-OH is 2. The van der Waals surface area contributed by atoms with E-state index in [1.54, 1.807) is 0 Å². The summed E-state index contributed by atoms with van der Waals surface area (Å²) in [6, 6.07) is 0. The molecule has 9 nitrogen and oxygen atoms in total. The van der Waals surface area contributed by atoms with E-state index >= 15 is 0 Å². The molecule has 0 aromatic carbocycles. The van der Waals surface area contributed by atoms with Gasteiger partial charge in [-0.25, -0.2) is 0 Å². The van der Waals surface area contributed by atoms with E-state index in [1.165, 1.54) is 0 Å². The Balaban J connectivity index is 6.63.